The zero-order valence-electron chi connectivity index (χ0n) is 13.6. The smallest absolute Gasteiger partial charge is 0.0315 e. The third-order valence-corrected chi connectivity index (χ3v) is 3.87. The lowest BCUT2D eigenvalue weighted by molar-refractivity contribution is 0.572. The van der Waals surface area contributed by atoms with E-state index < -0.39 is 0 Å². The van der Waals surface area contributed by atoms with Crippen LogP contribution in [-0.4, -0.2) is 4.98 Å². The van der Waals surface area contributed by atoms with Crippen molar-refractivity contribution in [1.29, 1.82) is 0 Å². The van der Waals surface area contributed by atoms with Gasteiger partial charge in [-0.1, -0.05) is 38.1 Å². The lowest BCUT2D eigenvalue weighted by Crippen LogP contribution is -2.18. The van der Waals surface area contributed by atoms with Gasteiger partial charge in [-0.2, -0.15) is 0 Å². The minimum atomic E-state index is 0.345. The lowest BCUT2D eigenvalue weighted by atomic mass is 10.00. The number of nitrogens with zero attached hydrogens (tertiary/aromatic N) is 1. The molecule has 0 amide bonds. The maximum atomic E-state index is 4.20. The van der Waals surface area contributed by atoms with Crippen LogP contribution in [0.1, 0.15) is 49.1 Å². The number of rotatable bonds is 6. The fraction of sp³-hybridized carbons (Fsp3) is 0.421. The van der Waals surface area contributed by atoms with E-state index >= 15 is 0 Å². The summed E-state index contributed by atoms with van der Waals surface area (Å²) in [7, 11) is 0. The molecule has 0 spiro atoms. The zero-order chi connectivity index (χ0) is 15.2. The van der Waals surface area contributed by atoms with Gasteiger partial charge in [0.2, 0.25) is 0 Å². The van der Waals surface area contributed by atoms with Crippen LogP contribution in [0.5, 0.6) is 0 Å². The molecule has 1 aromatic carbocycles. The molecule has 0 radical (unpaired) electrons. The molecule has 0 saturated carbocycles. The van der Waals surface area contributed by atoms with Crippen molar-refractivity contribution in [2.45, 2.75) is 46.7 Å². The third-order valence-electron chi connectivity index (χ3n) is 3.87. The molecular weight excluding hydrogens is 256 g/mol. The van der Waals surface area contributed by atoms with Crippen molar-refractivity contribution in [3.8, 4) is 0 Å². The first-order valence-electron chi connectivity index (χ1n) is 7.78. The maximum Gasteiger partial charge on any atom is 0.0315 e. The van der Waals surface area contributed by atoms with Gasteiger partial charge in [0.25, 0.3) is 0 Å². The molecule has 0 saturated heterocycles. The van der Waals surface area contributed by atoms with Gasteiger partial charge in [-0.3, -0.25) is 4.98 Å². The van der Waals surface area contributed by atoms with Crippen LogP contribution in [0.15, 0.2) is 42.7 Å². The molecule has 0 bridgehead atoms. The van der Waals surface area contributed by atoms with E-state index in [1.165, 1.54) is 22.3 Å². The predicted octanol–water partition coefficient (Wildman–Crippen LogP) is 4.44. The second-order valence-electron chi connectivity index (χ2n) is 6.24. The minimum Gasteiger partial charge on any atom is -0.306 e. The normalized spacial score (nSPS) is 12.6. The van der Waals surface area contributed by atoms with Gasteiger partial charge in [-0.25, -0.2) is 0 Å². The highest BCUT2D eigenvalue weighted by Crippen LogP contribution is 2.16. The summed E-state index contributed by atoms with van der Waals surface area (Å²) in [5.41, 5.74) is 5.31. The number of benzene rings is 1. The zero-order valence-corrected chi connectivity index (χ0v) is 13.6. The van der Waals surface area contributed by atoms with Crippen molar-refractivity contribution in [1.82, 2.24) is 10.3 Å². The molecule has 2 nitrogen and oxygen atoms in total. The van der Waals surface area contributed by atoms with Crippen molar-refractivity contribution in [2.75, 3.05) is 0 Å². The summed E-state index contributed by atoms with van der Waals surface area (Å²) in [4.78, 5) is 4.20. The first-order valence-corrected chi connectivity index (χ1v) is 7.78. The van der Waals surface area contributed by atoms with E-state index in [1.54, 1.807) is 0 Å². The first kappa shape index (κ1) is 15.7. The van der Waals surface area contributed by atoms with Crippen LogP contribution in [-0.2, 0) is 13.0 Å². The topological polar surface area (TPSA) is 24.9 Å². The average Bonchev–Trinajstić information content (AvgIpc) is 2.46. The third kappa shape index (κ3) is 4.68. The first-order chi connectivity index (χ1) is 10.1. The Labute approximate surface area is 128 Å². The van der Waals surface area contributed by atoms with Crippen molar-refractivity contribution in [2.24, 2.45) is 5.92 Å². The molecule has 1 aromatic heterocycles. The maximum absolute atomic E-state index is 4.20. The standard InChI is InChI=1S/C19H26N2/c1-14(2)11-17-5-7-18(8-6-17)16(4)21-13-19-12-20-10-9-15(19)3/h5-10,12,14,16,21H,11,13H2,1-4H3. The molecule has 21 heavy (non-hydrogen) atoms. The molecule has 0 fully saturated rings. The Balaban J connectivity index is 1.94. The monoisotopic (exact) mass is 282 g/mol. The summed E-state index contributed by atoms with van der Waals surface area (Å²) >= 11 is 0. The summed E-state index contributed by atoms with van der Waals surface area (Å²) in [6.45, 7) is 9.71. The van der Waals surface area contributed by atoms with Crippen LogP contribution < -0.4 is 5.32 Å². The van der Waals surface area contributed by atoms with Gasteiger partial charge >= 0.3 is 0 Å². The van der Waals surface area contributed by atoms with Gasteiger partial charge in [0, 0.05) is 25.0 Å². The highest BCUT2D eigenvalue weighted by atomic mass is 14.9. The van der Waals surface area contributed by atoms with Crippen molar-refractivity contribution < 1.29 is 0 Å². The fourth-order valence-electron chi connectivity index (χ4n) is 2.48. The summed E-state index contributed by atoms with van der Waals surface area (Å²) < 4.78 is 0. The van der Waals surface area contributed by atoms with Gasteiger partial charge in [0.15, 0.2) is 0 Å². The van der Waals surface area contributed by atoms with Crippen molar-refractivity contribution in [3.05, 3.63) is 65.0 Å². The Morgan fingerprint density at radius 2 is 1.76 bits per heavy atom. The van der Waals surface area contributed by atoms with E-state index in [2.05, 4.69) is 68.3 Å². The predicted molar refractivity (Wildman–Crippen MR) is 89.2 cm³/mol. The molecule has 2 heteroatoms. The quantitative estimate of drug-likeness (QED) is 0.847. The van der Waals surface area contributed by atoms with Crippen LogP contribution in [0, 0.1) is 12.8 Å². The summed E-state index contributed by atoms with van der Waals surface area (Å²) in [5, 5.41) is 3.58. The second kappa shape index (κ2) is 7.37. The van der Waals surface area contributed by atoms with Crippen molar-refractivity contribution >= 4 is 0 Å². The van der Waals surface area contributed by atoms with E-state index in [4.69, 9.17) is 0 Å². The van der Waals surface area contributed by atoms with Crippen LogP contribution in [0.2, 0.25) is 0 Å². The van der Waals surface area contributed by atoms with Crippen LogP contribution >= 0.6 is 0 Å². The minimum absolute atomic E-state index is 0.345. The molecule has 2 aromatic rings. The number of aryl methyl sites for hydroxylation is 1. The second-order valence-corrected chi connectivity index (χ2v) is 6.24. The molecule has 1 heterocycles. The molecule has 1 unspecified atom stereocenters. The molecule has 0 aliphatic rings. The summed E-state index contributed by atoms with van der Waals surface area (Å²) in [6, 6.07) is 11.4. The molecule has 112 valence electrons. The highest BCUT2D eigenvalue weighted by molar-refractivity contribution is 5.26. The van der Waals surface area contributed by atoms with Gasteiger partial charge in [-0.15, -0.1) is 0 Å². The molecule has 0 aliphatic heterocycles. The van der Waals surface area contributed by atoms with Crippen molar-refractivity contribution in [3.63, 3.8) is 0 Å². The largest absolute Gasteiger partial charge is 0.306 e. The number of aromatic nitrogens is 1. The van der Waals surface area contributed by atoms with Crippen LogP contribution in [0.25, 0.3) is 0 Å². The average molecular weight is 282 g/mol. The Morgan fingerprint density at radius 1 is 1.05 bits per heavy atom. The number of nitrogens with one attached hydrogen (secondary N) is 1. The van der Waals surface area contributed by atoms with Crippen LogP contribution in [0.4, 0.5) is 0 Å². The Bertz CT molecular complexity index is 558. The van der Waals surface area contributed by atoms with E-state index in [0.717, 1.165) is 13.0 Å². The van der Waals surface area contributed by atoms with Gasteiger partial charge in [0.1, 0.15) is 0 Å². The molecule has 1 N–H and O–H groups in total. The van der Waals surface area contributed by atoms with Gasteiger partial charge in [0.05, 0.1) is 0 Å². The summed E-state index contributed by atoms with van der Waals surface area (Å²) in [6.07, 6.45) is 4.94. The van der Waals surface area contributed by atoms with E-state index in [1.807, 2.05) is 12.4 Å². The SMILES string of the molecule is Cc1ccncc1CNC(C)c1ccc(CC(C)C)cc1. The molecular formula is C19H26N2. The van der Waals surface area contributed by atoms with Gasteiger partial charge in [-0.05, 0) is 54.5 Å². The van der Waals surface area contributed by atoms with Crippen LogP contribution in [0.3, 0.4) is 0 Å². The number of pyridine rings is 1. The fourth-order valence-corrected chi connectivity index (χ4v) is 2.48. The number of hydrogen-bond acceptors (Lipinski definition) is 2. The van der Waals surface area contributed by atoms with E-state index in [-0.39, 0.29) is 0 Å². The molecule has 0 aliphatic carbocycles. The lowest BCUT2D eigenvalue weighted by Gasteiger charge is -2.16. The molecule has 2 rings (SSSR count). The Morgan fingerprint density at radius 3 is 2.38 bits per heavy atom. The Kier molecular flexibility index (Phi) is 5.51. The van der Waals surface area contributed by atoms with Gasteiger partial charge < -0.3 is 5.32 Å². The van der Waals surface area contributed by atoms with E-state index in [9.17, 15) is 0 Å². The summed E-state index contributed by atoms with van der Waals surface area (Å²) in [5.74, 6) is 0.708. The van der Waals surface area contributed by atoms with E-state index in [0.29, 0.717) is 12.0 Å². The number of hydrogen-bond donors (Lipinski definition) is 1. The Hall–Kier alpha value is -1.67. The highest BCUT2D eigenvalue weighted by Gasteiger charge is 2.06. The molecule has 1 atom stereocenters.